The molecule has 9 nitrogen and oxygen atoms in total. The summed E-state index contributed by atoms with van der Waals surface area (Å²) in [4.78, 5) is 49.4. The van der Waals surface area contributed by atoms with Crippen LogP contribution < -0.4 is 16.5 Å². The van der Waals surface area contributed by atoms with Gasteiger partial charge in [0, 0.05) is 5.69 Å². The third-order valence-corrected chi connectivity index (χ3v) is 4.69. The van der Waals surface area contributed by atoms with Gasteiger partial charge in [-0.05, 0) is 30.2 Å². The van der Waals surface area contributed by atoms with Crippen LogP contribution in [0.5, 0.6) is 0 Å². The highest BCUT2D eigenvalue weighted by Crippen LogP contribution is 2.31. The minimum atomic E-state index is -1.31. The minimum Gasteiger partial charge on any atom is -0.452 e. The number of amides is 4. The van der Waals surface area contributed by atoms with Gasteiger partial charge in [-0.2, -0.15) is 5.01 Å². The van der Waals surface area contributed by atoms with Crippen LogP contribution in [0.1, 0.15) is 29.3 Å². The summed E-state index contributed by atoms with van der Waals surface area (Å²) in [5.41, 5.74) is 6.67. The average molecular weight is 414 g/mol. The first-order chi connectivity index (χ1) is 14.3. The number of carbonyl (C=O) groups is 4. The molecule has 0 aromatic heterocycles. The third-order valence-electron chi connectivity index (χ3n) is 4.69. The first-order valence-electron chi connectivity index (χ1n) is 9.02. The molecule has 1 aliphatic rings. The predicted molar refractivity (Wildman–Crippen MR) is 103 cm³/mol. The number of rotatable bonds is 6. The van der Waals surface area contributed by atoms with E-state index in [0.29, 0.717) is 10.6 Å². The number of imide groups is 1. The summed E-state index contributed by atoms with van der Waals surface area (Å²) in [6, 6.07) is 10.9. The SMILES string of the molecule is CC[C@@]1(c2ccccc2)NC(=O)N(NC(=O)COC(=O)c2ccc(F)cc2N)C1=O. The fraction of sp³-hybridized carbons (Fsp3) is 0.200. The van der Waals surface area contributed by atoms with E-state index in [-0.39, 0.29) is 17.7 Å². The highest BCUT2D eigenvalue weighted by atomic mass is 19.1. The number of nitrogen functional groups attached to an aromatic ring is 1. The molecule has 2 aromatic rings. The van der Waals surface area contributed by atoms with E-state index in [0.717, 1.165) is 18.2 Å². The van der Waals surface area contributed by atoms with E-state index in [1.54, 1.807) is 37.3 Å². The van der Waals surface area contributed by atoms with Crippen molar-refractivity contribution in [1.29, 1.82) is 0 Å². The van der Waals surface area contributed by atoms with Gasteiger partial charge in [0.25, 0.3) is 11.8 Å². The molecular formula is C20H19FN4O5. The Morgan fingerprint density at radius 2 is 1.90 bits per heavy atom. The molecule has 1 heterocycles. The summed E-state index contributed by atoms with van der Waals surface area (Å²) >= 11 is 0. The Hall–Kier alpha value is -3.95. The van der Waals surface area contributed by atoms with Crippen molar-refractivity contribution in [2.75, 3.05) is 12.3 Å². The molecule has 1 aliphatic heterocycles. The molecule has 0 bridgehead atoms. The molecule has 0 radical (unpaired) electrons. The summed E-state index contributed by atoms with van der Waals surface area (Å²) < 4.78 is 17.9. The van der Waals surface area contributed by atoms with E-state index in [1.165, 1.54) is 0 Å². The van der Waals surface area contributed by atoms with Crippen molar-refractivity contribution in [2.45, 2.75) is 18.9 Å². The molecule has 156 valence electrons. The first-order valence-corrected chi connectivity index (χ1v) is 9.02. The second-order valence-corrected chi connectivity index (χ2v) is 6.54. The fourth-order valence-electron chi connectivity index (χ4n) is 3.12. The predicted octanol–water partition coefficient (Wildman–Crippen LogP) is 1.45. The maximum atomic E-state index is 13.1. The summed E-state index contributed by atoms with van der Waals surface area (Å²) in [5.74, 6) is -3.15. The molecule has 30 heavy (non-hydrogen) atoms. The Morgan fingerprint density at radius 3 is 2.53 bits per heavy atom. The molecule has 0 aliphatic carbocycles. The zero-order valence-electron chi connectivity index (χ0n) is 16.0. The maximum Gasteiger partial charge on any atom is 0.344 e. The highest BCUT2D eigenvalue weighted by molar-refractivity contribution is 6.08. The monoisotopic (exact) mass is 414 g/mol. The van der Waals surface area contributed by atoms with Crippen molar-refractivity contribution >= 4 is 29.5 Å². The number of benzene rings is 2. The lowest BCUT2D eigenvalue weighted by atomic mass is 9.87. The molecular weight excluding hydrogens is 395 g/mol. The van der Waals surface area contributed by atoms with Crippen molar-refractivity contribution in [3.8, 4) is 0 Å². The molecule has 1 atom stereocenters. The Kier molecular flexibility index (Phi) is 5.67. The molecule has 0 unspecified atom stereocenters. The zero-order chi connectivity index (χ0) is 21.9. The van der Waals surface area contributed by atoms with Crippen LogP contribution in [0.4, 0.5) is 14.9 Å². The van der Waals surface area contributed by atoms with Gasteiger partial charge in [-0.25, -0.2) is 14.0 Å². The zero-order valence-corrected chi connectivity index (χ0v) is 16.0. The van der Waals surface area contributed by atoms with Crippen LogP contribution in [0.25, 0.3) is 0 Å². The van der Waals surface area contributed by atoms with Gasteiger partial charge in [0.2, 0.25) is 0 Å². The van der Waals surface area contributed by atoms with Crippen LogP contribution in [0.3, 0.4) is 0 Å². The number of hydrazine groups is 1. The number of hydrogen-bond acceptors (Lipinski definition) is 6. The highest BCUT2D eigenvalue weighted by Gasteiger charge is 2.52. The number of esters is 1. The van der Waals surface area contributed by atoms with Gasteiger partial charge in [0.1, 0.15) is 11.4 Å². The summed E-state index contributed by atoms with van der Waals surface area (Å²) in [6.45, 7) is 0.947. The van der Waals surface area contributed by atoms with E-state index in [2.05, 4.69) is 10.7 Å². The quantitative estimate of drug-likeness (QED) is 0.373. The Morgan fingerprint density at radius 1 is 1.20 bits per heavy atom. The largest absolute Gasteiger partial charge is 0.452 e. The van der Waals surface area contributed by atoms with Crippen molar-refractivity contribution in [1.82, 2.24) is 15.8 Å². The third kappa shape index (κ3) is 3.79. The molecule has 1 fully saturated rings. The smallest absolute Gasteiger partial charge is 0.344 e. The number of urea groups is 1. The second-order valence-electron chi connectivity index (χ2n) is 6.54. The number of nitrogens with zero attached hydrogens (tertiary/aromatic N) is 1. The van der Waals surface area contributed by atoms with Crippen LogP contribution in [0, 0.1) is 5.82 Å². The van der Waals surface area contributed by atoms with Gasteiger partial charge in [-0.1, -0.05) is 37.3 Å². The van der Waals surface area contributed by atoms with Gasteiger partial charge in [-0.15, -0.1) is 0 Å². The maximum absolute atomic E-state index is 13.1. The molecule has 2 aromatic carbocycles. The van der Waals surface area contributed by atoms with Crippen LogP contribution >= 0.6 is 0 Å². The lowest BCUT2D eigenvalue weighted by molar-refractivity contribution is -0.140. The second kappa shape index (κ2) is 8.19. The lowest BCUT2D eigenvalue weighted by Crippen LogP contribution is -2.49. The standard InChI is InChI=1S/C20H19FN4O5/c1-2-20(12-6-4-3-5-7-12)18(28)25(19(29)23-20)24-16(26)11-30-17(27)14-9-8-13(21)10-15(14)22/h3-10H,2,11,22H2,1H3,(H,23,29)(H,24,26)/t20-/m0/s1. The number of nitrogens with two attached hydrogens (primary N) is 1. The average Bonchev–Trinajstić information content (AvgIpc) is 2.97. The molecule has 0 saturated carbocycles. The van der Waals surface area contributed by atoms with Gasteiger partial charge < -0.3 is 15.8 Å². The van der Waals surface area contributed by atoms with E-state index in [4.69, 9.17) is 10.5 Å². The Balaban J connectivity index is 1.66. The molecule has 1 saturated heterocycles. The molecule has 3 rings (SSSR count). The minimum absolute atomic E-state index is 0.117. The molecule has 0 spiro atoms. The first kappa shape index (κ1) is 20.8. The van der Waals surface area contributed by atoms with Crippen LogP contribution in [0.2, 0.25) is 0 Å². The van der Waals surface area contributed by atoms with Crippen LogP contribution in [-0.4, -0.2) is 35.4 Å². The summed E-state index contributed by atoms with van der Waals surface area (Å²) in [7, 11) is 0. The Bertz CT molecular complexity index is 1010. The van der Waals surface area contributed by atoms with Crippen molar-refractivity contribution < 1.29 is 28.3 Å². The van der Waals surface area contributed by atoms with Crippen molar-refractivity contribution in [3.63, 3.8) is 0 Å². The summed E-state index contributed by atoms with van der Waals surface area (Å²) in [6.07, 6.45) is 0.257. The van der Waals surface area contributed by atoms with Crippen LogP contribution in [0.15, 0.2) is 48.5 Å². The van der Waals surface area contributed by atoms with E-state index < -0.39 is 41.8 Å². The van der Waals surface area contributed by atoms with E-state index >= 15 is 0 Å². The fourth-order valence-corrected chi connectivity index (χ4v) is 3.12. The van der Waals surface area contributed by atoms with Gasteiger partial charge in [0.15, 0.2) is 6.61 Å². The van der Waals surface area contributed by atoms with Crippen LogP contribution in [-0.2, 0) is 19.9 Å². The Labute approximate surface area is 170 Å². The number of anilines is 1. The number of ether oxygens (including phenoxy) is 1. The topological polar surface area (TPSA) is 131 Å². The van der Waals surface area contributed by atoms with Gasteiger partial charge in [-0.3, -0.25) is 15.0 Å². The molecule has 4 amide bonds. The number of nitrogens with one attached hydrogen (secondary N) is 2. The van der Waals surface area contributed by atoms with E-state index in [9.17, 15) is 23.6 Å². The number of halogens is 1. The van der Waals surface area contributed by atoms with E-state index in [1.807, 2.05) is 0 Å². The number of carbonyl (C=O) groups excluding carboxylic acids is 4. The van der Waals surface area contributed by atoms with Crippen molar-refractivity contribution in [2.24, 2.45) is 0 Å². The summed E-state index contributed by atoms with van der Waals surface area (Å²) in [5, 5.41) is 3.16. The molecule has 10 heteroatoms. The number of hydrogen-bond donors (Lipinski definition) is 3. The normalized spacial score (nSPS) is 18.1. The van der Waals surface area contributed by atoms with Gasteiger partial charge >= 0.3 is 12.0 Å². The lowest BCUT2D eigenvalue weighted by Gasteiger charge is -2.25. The van der Waals surface area contributed by atoms with Gasteiger partial charge in [0.05, 0.1) is 5.56 Å². The molecule has 4 N–H and O–H groups in total. The van der Waals surface area contributed by atoms with Crippen molar-refractivity contribution in [3.05, 3.63) is 65.5 Å².